The second-order valence-corrected chi connectivity index (χ2v) is 4.40. The van der Waals surface area contributed by atoms with Gasteiger partial charge in [0.05, 0.1) is 0 Å². The first-order valence-electron chi connectivity index (χ1n) is 5.81. The number of rotatable bonds is 3. The van der Waals surface area contributed by atoms with Crippen molar-refractivity contribution in [3.05, 3.63) is 48.0 Å². The first-order chi connectivity index (χ1) is 8.58. The first kappa shape index (κ1) is 12.3. The van der Waals surface area contributed by atoms with Crippen LogP contribution >= 0.6 is 0 Å². The summed E-state index contributed by atoms with van der Waals surface area (Å²) < 4.78 is 0. The number of hydrogen-bond donors (Lipinski definition) is 0. The molecule has 0 fully saturated rings. The van der Waals surface area contributed by atoms with Gasteiger partial charge in [-0.1, -0.05) is 36.4 Å². The highest BCUT2D eigenvalue weighted by Crippen LogP contribution is 2.16. The lowest BCUT2D eigenvalue weighted by Gasteiger charge is -2.15. The van der Waals surface area contributed by atoms with Crippen LogP contribution < -0.4 is 0 Å². The third-order valence-electron chi connectivity index (χ3n) is 2.88. The molecule has 3 nitrogen and oxygen atoms in total. The predicted octanol–water partition coefficient (Wildman–Crippen LogP) is 2.39. The summed E-state index contributed by atoms with van der Waals surface area (Å²) in [7, 11) is 1.64. The van der Waals surface area contributed by atoms with E-state index in [2.05, 4.69) is 0 Å². The fourth-order valence-corrected chi connectivity index (χ4v) is 1.95. The van der Waals surface area contributed by atoms with Gasteiger partial charge in [0.1, 0.15) is 0 Å². The Morgan fingerprint density at radius 2 is 1.72 bits per heavy atom. The Labute approximate surface area is 106 Å². The van der Waals surface area contributed by atoms with Crippen molar-refractivity contribution in [2.75, 3.05) is 7.05 Å². The molecule has 0 N–H and O–H groups in total. The molecule has 0 aliphatic carbocycles. The van der Waals surface area contributed by atoms with Crippen LogP contribution in [0, 0.1) is 0 Å². The van der Waals surface area contributed by atoms with Crippen LogP contribution in [0.5, 0.6) is 0 Å². The van der Waals surface area contributed by atoms with Gasteiger partial charge in [-0.2, -0.15) is 0 Å². The lowest BCUT2D eigenvalue weighted by Crippen LogP contribution is -2.31. The maximum Gasteiger partial charge on any atom is 0.289 e. The minimum absolute atomic E-state index is 0.432. The number of benzene rings is 2. The quantitative estimate of drug-likeness (QED) is 0.774. The molecule has 0 radical (unpaired) electrons. The van der Waals surface area contributed by atoms with Crippen LogP contribution in [-0.4, -0.2) is 23.6 Å². The molecular weight excluding hydrogens is 226 g/mol. The monoisotopic (exact) mass is 241 g/mol. The third-order valence-corrected chi connectivity index (χ3v) is 2.88. The molecule has 2 rings (SSSR count). The largest absolute Gasteiger partial charge is 0.335 e. The number of likely N-dealkylation sites (N-methyl/N-ethyl adjacent to an activating group) is 1. The lowest BCUT2D eigenvalue weighted by atomic mass is 10.1. The summed E-state index contributed by atoms with van der Waals surface area (Å²) in [4.78, 5) is 23.9. The molecule has 0 unspecified atom stereocenters. The van der Waals surface area contributed by atoms with Gasteiger partial charge in [0.2, 0.25) is 5.78 Å². The van der Waals surface area contributed by atoms with Gasteiger partial charge in [-0.3, -0.25) is 9.59 Å². The molecular formula is C15H15NO2. The van der Waals surface area contributed by atoms with E-state index in [9.17, 15) is 9.59 Å². The van der Waals surface area contributed by atoms with Crippen molar-refractivity contribution in [3.63, 3.8) is 0 Å². The molecule has 18 heavy (non-hydrogen) atoms. The van der Waals surface area contributed by atoms with Crippen molar-refractivity contribution < 1.29 is 9.59 Å². The molecule has 0 saturated carbocycles. The summed E-state index contributed by atoms with van der Waals surface area (Å²) in [5.74, 6) is -0.888. The van der Waals surface area contributed by atoms with Crippen molar-refractivity contribution >= 4 is 22.5 Å². The highest BCUT2D eigenvalue weighted by atomic mass is 16.2. The maximum absolute atomic E-state index is 11.5. The van der Waals surface area contributed by atoms with Crippen LogP contribution in [0.15, 0.2) is 42.5 Å². The van der Waals surface area contributed by atoms with E-state index in [-0.39, 0.29) is 0 Å². The second kappa shape index (κ2) is 5.00. The van der Waals surface area contributed by atoms with Crippen LogP contribution in [0.25, 0.3) is 10.8 Å². The Hall–Kier alpha value is -2.16. The van der Waals surface area contributed by atoms with E-state index in [0.717, 1.165) is 10.9 Å². The van der Waals surface area contributed by atoms with E-state index in [1.807, 2.05) is 42.5 Å². The number of nitrogens with zero attached hydrogens (tertiary/aromatic N) is 1. The predicted molar refractivity (Wildman–Crippen MR) is 71.1 cm³/mol. The molecule has 0 aromatic heterocycles. The summed E-state index contributed by atoms with van der Waals surface area (Å²) in [6.45, 7) is 1.74. The SMILES string of the molecule is CC(=O)C(=O)N(C)Cc1ccc2ccccc2c1. The zero-order chi connectivity index (χ0) is 13.1. The van der Waals surface area contributed by atoms with Crippen molar-refractivity contribution in [2.45, 2.75) is 13.5 Å². The molecule has 0 atom stereocenters. The smallest absolute Gasteiger partial charge is 0.289 e. The zero-order valence-electron chi connectivity index (χ0n) is 10.5. The molecule has 2 aromatic carbocycles. The third kappa shape index (κ3) is 2.56. The van der Waals surface area contributed by atoms with E-state index in [0.29, 0.717) is 6.54 Å². The summed E-state index contributed by atoms with van der Waals surface area (Å²) in [5, 5.41) is 2.31. The zero-order valence-corrected chi connectivity index (χ0v) is 10.5. The molecule has 0 heterocycles. The molecule has 0 bridgehead atoms. The Morgan fingerprint density at radius 1 is 1.06 bits per heavy atom. The molecule has 2 aromatic rings. The van der Waals surface area contributed by atoms with Gasteiger partial charge < -0.3 is 4.90 Å². The number of carbonyl (C=O) groups is 2. The number of amides is 1. The Balaban J connectivity index is 2.22. The van der Waals surface area contributed by atoms with Crippen molar-refractivity contribution in [1.82, 2.24) is 4.90 Å². The summed E-state index contributed by atoms with van der Waals surface area (Å²) >= 11 is 0. The molecule has 1 amide bonds. The fraction of sp³-hybridized carbons (Fsp3) is 0.200. The topological polar surface area (TPSA) is 37.4 Å². The van der Waals surface area contributed by atoms with Crippen molar-refractivity contribution in [1.29, 1.82) is 0 Å². The van der Waals surface area contributed by atoms with Crippen molar-refractivity contribution in [3.8, 4) is 0 Å². The number of fused-ring (bicyclic) bond motifs is 1. The van der Waals surface area contributed by atoms with E-state index >= 15 is 0 Å². The lowest BCUT2D eigenvalue weighted by molar-refractivity contribution is -0.143. The maximum atomic E-state index is 11.5. The van der Waals surface area contributed by atoms with Crippen LogP contribution in [-0.2, 0) is 16.1 Å². The number of hydrogen-bond acceptors (Lipinski definition) is 2. The highest BCUT2D eigenvalue weighted by molar-refractivity contribution is 6.34. The van der Waals surface area contributed by atoms with E-state index in [1.165, 1.54) is 17.2 Å². The van der Waals surface area contributed by atoms with Gasteiger partial charge in [0, 0.05) is 20.5 Å². The summed E-state index contributed by atoms with van der Waals surface area (Å²) in [5.41, 5.74) is 1.02. The molecule has 0 saturated heterocycles. The number of carbonyl (C=O) groups excluding carboxylic acids is 2. The molecule has 92 valence electrons. The van der Waals surface area contributed by atoms with Crippen LogP contribution in [0.1, 0.15) is 12.5 Å². The van der Waals surface area contributed by atoms with E-state index < -0.39 is 11.7 Å². The number of Topliss-reactive ketones (excluding diaryl/α,β-unsaturated/α-hetero) is 1. The second-order valence-electron chi connectivity index (χ2n) is 4.40. The minimum Gasteiger partial charge on any atom is -0.335 e. The average molecular weight is 241 g/mol. The van der Waals surface area contributed by atoms with Gasteiger partial charge in [0.15, 0.2) is 0 Å². The highest BCUT2D eigenvalue weighted by Gasteiger charge is 2.13. The van der Waals surface area contributed by atoms with Crippen LogP contribution in [0.2, 0.25) is 0 Å². The van der Waals surface area contributed by atoms with Gasteiger partial charge in [-0.05, 0) is 22.4 Å². The Morgan fingerprint density at radius 3 is 2.39 bits per heavy atom. The van der Waals surface area contributed by atoms with E-state index in [1.54, 1.807) is 7.05 Å². The summed E-state index contributed by atoms with van der Waals surface area (Å²) in [6.07, 6.45) is 0. The minimum atomic E-state index is -0.455. The standard InChI is InChI=1S/C15H15NO2/c1-11(17)15(18)16(2)10-12-7-8-13-5-3-4-6-14(13)9-12/h3-9H,10H2,1-2H3. The Bertz CT molecular complexity index is 604. The normalized spacial score (nSPS) is 10.3. The fourth-order valence-electron chi connectivity index (χ4n) is 1.95. The molecule has 0 aliphatic rings. The number of ketones is 1. The van der Waals surface area contributed by atoms with Gasteiger partial charge >= 0.3 is 0 Å². The molecule has 0 aliphatic heterocycles. The molecule has 0 spiro atoms. The Kier molecular flexibility index (Phi) is 3.42. The molecule has 3 heteroatoms. The summed E-state index contributed by atoms with van der Waals surface area (Å²) in [6, 6.07) is 14.1. The van der Waals surface area contributed by atoms with Gasteiger partial charge in [-0.15, -0.1) is 0 Å². The van der Waals surface area contributed by atoms with Gasteiger partial charge in [0.25, 0.3) is 5.91 Å². The van der Waals surface area contributed by atoms with Crippen LogP contribution in [0.4, 0.5) is 0 Å². The first-order valence-corrected chi connectivity index (χ1v) is 5.81. The average Bonchev–Trinajstić information content (AvgIpc) is 2.37. The van der Waals surface area contributed by atoms with Crippen LogP contribution in [0.3, 0.4) is 0 Å². The van der Waals surface area contributed by atoms with Gasteiger partial charge in [-0.25, -0.2) is 0 Å². The van der Waals surface area contributed by atoms with E-state index in [4.69, 9.17) is 0 Å². The van der Waals surface area contributed by atoms with Crippen molar-refractivity contribution in [2.24, 2.45) is 0 Å².